The topological polar surface area (TPSA) is 54.3 Å². The van der Waals surface area contributed by atoms with Crippen molar-refractivity contribution in [2.75, 3.05) is 7.11 Å². The van der Waals surface area contributed by atoms with Crippen LogP contribution in [0.15, 0.2) is 12.1 Å². The van der Waals surface area contributed by atoms with E-state index in [4.69, 9.17) is 26.3 Å². The van der Waals surface area contributed by atoms with Crippen LogP contribution in [0.4, 0.5) is 0 Å². The summed E-state index contributed by atoms with van der Waals surface area (Å²) in [5, 5.41) is 12.7. The Balaban J connectivity index is 2.99. The highest BCUT2D eigenvalue weighted by atomic mass is 35.5. The summed E-state index contributed by atoms with van der Waals surface area (Å²) < 4.78 is 10.9. The van der Waals surface area contributed by atoms with Gasteiger partial charge in [-0.2, -0.15) is 5.26 Å². The molecule has 5 heteroatoms. The van der Waals surface area contributed by atoms with Gasteiger partial charge in [-0.25, -0.2) is 0 Å². The number of nitrogens with one attached hydrogen (secondary N) is 1. The van der Waals surface area contributed by atoms with Crippen LogP contribution in [-0.4, -0.2) is 19.3 Å². The second-order valence-electron chi connectivity index (χ2n) is 4.79. The van der Waals surface area contributed by atoms with Gasteiger partial charge in [0.25, 0.3) is 0 Å². The molecule has 0 spiro atoms. The molecule has 110 valence electrons. The number of hydrogen-bond acceptors (Lipinski definition) is 4. The van der Waals surface area contributed by atoms with E-state index >= 15 is 0 Å². The molecule has 0 radical (unpaired) electrons. The van der Waals surface area contributed by atoms with Gasteiger partial charge in [-0.1, -0.05) is 32.4 Å². The van der Waals surface area contributed by atoms with Gasteiger partial charge in [-0.3, -0.25) is 0 Å². The Morgan fingerprint density at radius 3 is 2.60 bits per heavy atom. The summed E-state index contributed by atoms with van der Waals surface area (Å²) in [5.41, 5.74) is 1.01. The number of nitriles is 1. The normalized spacial score (nSPS) is 12.1. The second kappa shape index (κ2) is 7.98. The highest BCUT2D eigenvalue weighted by molar-refractivity contribution is 6.32. The molecule has 1 aromatic carbocycles. The Hall–Kier alpha value is -1.44. The van der Waals surface area contributed by atoms with Crippen LogP contribution in [0.3, 0.4) is 0 Å². The molecule has 1 aromatic rings. The third kappa shape index (κ3) is 4.59. The molecule has 0 amide bonds. The lowest BCUT2D eigenvalue weighted by Gasteiger charge is -2.17. The van der Waals surface area contributed by atoms with Gasteiger partial charge in [-0.05, 0) is 24.1 Å². The van der Waals surface area contributed by atoms with Gasteiger partial charge in [-0.15, -0.1) is 0 Å². The zero-order valence-corrected chi connectivity index (χ0v) is 13.1. The van der Waals surface area contributed by atoms with Crippen LogP contribution in [0, 0.1) is 11.3 Å². The lowest BCUT2D eigenvalue weighted by Crippen LogP contribution is -2.22. The molecule has 0 aromatic heterocycles. The average Bonchev–Trinajstić information content (AvgIpc) is 2.43. The summed E-state index contributed by atoms with van der Waals surface area (Å²) in [6.45, 7) is 6.74. The van der Waals surface area contributed by atoms with Crippen LogP contribution in [0.1, 0.15) is 32.8 Å². The number of nitrogens with zero attached hydrogens (tertiary/aromatic N) is 1. The fourth-order valence-electron chi connectivity index (χ4n) is 1.65. The average molecular weight is 297 g/mol. The predicted molar refractivity (Wildman–Crippen MR) is 80.3 cm³/mol. The minimum atomic E-state index is -0.527. The fourth-order valence-corrected chi connectivity index (χ4v) is 1.93. The summed E-state index contributed by atoms with van der Waals surface area (Å²) in [4.78, 5) is 0. The van der Waals surface area contributed by atoms with E-state index in [1.54, 1.807) is 7.11 Å². The zero-order valence-electron chi connectivity index (χ0n) is 12.4. The monoisotopic (exact) mass is 296 g/mol. The molecule has 1 atom stereocenters. The highest BCUT2D eigenvalue weighted by Crippen LogP contribution is 2.37. The van der Waals surface area contributed by atoms with Gasteiger partial charge < -0.3 is 14.8 Å². The standard InChI is InChI=1S/C15H21ClN2O2/c1-5-12(8-17)20-15-13(16)6-11(7-14(15)19-4)9-18-10(2)3/h6-7,10,12,18H,5,9H2,1-4H3. The predicted octanol–water partition coefficient (Wildman–Crippen LogP) is 3.53. The zero-order chi connectivity index (χ0) is 15.1. The highest BCUT2D eigenvalue weighted by Gasteiger charge is 2.16. The Bertz CT molecular complexity index is 483. The van der Waals surface area contributed by atoms with Crippen molar-refractivity contribution < 1.29 is 9.47 Å². The third-order valence-electron chi connectivity index (χ3n) is 2.78. The smallest absolute Gasteiger partial charge is 0.184 e. The van der Waals surface area contributed by atoms with E-state index in [0.717, 1.165) is 5.56 Å². The van der Waals surface area contributed by atoms with Crippen LogP contribution >= 0.6 is 11.6 Å². The van der Waals surface area contributed by atoms with Crippen LogP contribution in [0.5, 0.6) is 11.5 Å². The number of rotatable bonds is 7. The van der Waals surface area contributed by atoms with Crippen molar-refractivity contribution in [3.8, 4) is 17.6 Å². The summed E-state index contributed by atoms with van der Waals surface area (Å²) in [7, 11) is 1.56. The molecular weight excluding hydrogens is 276 g/mol. The summed E-state index contributed by atoms with van der Waals surface area (Å²) >= 11 is 6.24. The van der Waals surface area contributed by atoms with Crippen molar-refractivity contribution in [1.29, 1.82) is 5.26 Å². The fraction of sp³-hybridized carbons (Fsp3) is 0.533. The maximum atomic E-state index is 8.97. The number of halogens is 1. The van der Waals surface area contributed by atoms with Gasteiger partial charge in [0.1, 0.15) is 6.07 Å². The Morgan fingerprint density at radius 2 is 2.10 bits per heavy atom. The molecule has 0 saturated carbocycles. The van der Waals surface area contributed by atoms with E-state index < -0.39 is 6.10 Å². The van der Waals surface area contributed by atoms with Crippen molar-refractivity contribution in [3.05, 3.63) is 22.7 Å². The van der Waals surface area contributed by atoms with Crippen molar-refractivity contribution in [2.24, 2.45) is 0 Å². The molecule has 1 rings (SSSR count). The SMILES string of the molecule is CCC(C#N)Oc1c(Cl)cc(CNC(C)C)cc1OC. The summed E-state index contributed by atoms with van der Waals surface area (Å²) in [6, 6.07) is 6.18. The lowest BCUT2D eigenvalue weighted by atomic mass is 10.2. The van der Waals surface area contributed by atoms with Crippen molar-refractivity contribution in [3.63, 3.8) is 0 Å². The van der Waals surface area contributed by atoms with E-state index in [9.17, 15) is 0 Å². The van der Waals surface area contributed by atoms with E-state index in [1.165, 1.54) is 0 Å². The first-order valence-electron chi connectivity index (χ1n) is 6.67. The van der Waals surface area contributed by atoms with Crippen LogP contribution in [0.25, 0.3) is 0 Å². The number of ether oxygens (including phenoxy) is 2. The molecule has 0 heterocycles. The van der Waals surface area contributed by atoms with Crippen molar-refractivity contribution in [2.45, 2.75) is 45.9 Å². The maximum absolute atomic E-state index is 8.97. The van der Waals surface area contributed by atoms with E-state index in [0.29, 0.717) is 35.5 Å². The second-order valence-corrected chi connectivity index (χ2v) is 5.20. The van der Waals surface area contributed by atoms with Gasteiger partial charge in [0, 0.05) is 12.6 Å². The molecule has 1 N–H and O–H groups in total. The summed E-state index contributed by atoms with van der Waals surface area (Å²) in [6.07, 6.45) is 0.0631. The summed E-state index contributed by atoms with van der Waals surface area (Å²) in [5.74, 6) is 0.975. The Morgan fingerprint density at radius 1 is 1.40 bits per heavy atom. The van der Waals surface area contributed by atoms with Crippen molar-refractivity contribution >= 4 is 11.6 Å². The van der Waals surface area contributed by atoms with Gasteiger partial charge in [0.2, 0.25) is 0 Å². The van der Waals surface area contributed by atoms with Gasteiger partial charge in [0.05, 0.1) is 12.1 Å². The molecule has 0 aliphatic heterocycles. The molecule has 1 unspecified atom stereocenters. The molecule has 4 nitrogen and oxygen atoms in total. The first kappa shape index (κ1) is 16.6. The Labute approximate surface area is 125 Å². The van der Waals surface area contributed by atoms with E-state index in [2.05, 4.69) is 25.2 Å². The number of hydrogen-bond donors (Lipinski definition) is 1. The molecular formula is C15H21ClN2O2. The minimum Gasteiger partial charge on any atom is -0.493 e. The Kier molecular flexibility index (Phi) is 6.63. The molecule has 0 aliphatic rings. The third-order valence-corrected chi connectivity index (χ3v) is 3.06. The van der Waals surface area contributed by atoms with Crippen LogP contribution in [0.2, 0.25) is 5.02 Å². The van der Waals surface area contributed by atoms with Crippen molar-refractivity contribution in [1.82, 2.24) is 5.32 Å². The first-order chi connectivity index (χ1) is 9.51. The number of benzene rings is 1. The van der Waals surface area contributed by atoms with Gasteiger partial charge in [0.15, 0.2) is 17.6 Å². The van der Waals surface area contributed by atoms with Crippen LogP contribution in [-0.2, 0) is 6.54 Å². The van der Waals surface area contributed by atoms with E-state index in [-0.39, 0.29) is 0 Å². The quantitative estimate of drug-likeness (QED) is 0.836. The molecule has 20 heavy (non-hydrogen) atoms. The minimum absolute atomic E-state index is 0.388. The molecule has 0 bridgehead atoms. The maximum Gasteiger partial charge on any atom is 0.184 e. The number of methoxy groups -OCH3 is 1. The van der Waals surface area contributed by atoms with Gasteiger partial charge >= 0.3 is 0 Å². The molecule has 0 aliphatic carbocycles. The molecule has 0 saturated heterocycles. The van der Waals surface area contributed by atoms with E-state index in [1.807, 2.05) is 19.1 Å². The molecule has 0 fully saturated rings. The lowest BCUT2D eigenvalue weighted by molar-refractivity contribution is 0.239. The largest absolute Gasteiger partial charge is 0.493 e. The van der Waals surface area contributed by atoms with Crippen LogP contribution < -0.4 is 14.8 Å². The first-order valence-corrected chi connectivity index (χ1v) is 7.05.